The van der Waals surface area contributed by atoms with Crippen molar-refractivity contribution in [2.75, 3.05) is 12.4 Å². The van der Waals surface area contributed by atoms with Crippen LogP contribution in [0.5, 0.6) is 0 Å². The molecule has 1 heterocycles. The number of carbonyl (C=O) groups is 1. The number of carbonyl (C=O) groups excluding carboxylic acids is 1. The van der Waals surface area contributed by atoms with Gasteiger partial charge in [-0.25, -0.2) is 9.78 Å². The lowest BCUT2D eigenvalue weighted by molar-refractivity contribution is 0.0600. The third-order valence-electron chi connectivity index (χ3n) is 2.11. The second-order valence-corrected chi connectivity index (χ2v) is 3.19. The first-order valence-corrected chi connectivity index (χ1v) is 4.98. The first-order chi connectivity index (χ1) is 7.71. The van der Waals surface area contributed by atoms with Gasteiger partial charge in [0, 0.05) is 6.20 Å². The van der Waals surface area contributed by atoms with Crippen LogP contribution in [0.1, 0.15) is 23.7 Å². The zero-order valence-electron chi connectivity index (χ0n) is 9.36. The van der Waals surface area contributed by atoms with E-state index < -0.39 is 0 Å². The van der Waals surface area contributed by atoms with E-state index in [-0.39, 0.29) is 12.0 Å². The summed E-state index contributed by atoms with van der Waals surface area (Å²) in [6, 6.07) is 3.13. The number of hydrogen-bond acceptors (Lipinski definition) is 4. The highest BCUT2D eigenvalue weighted by molar-refractivity contribution is 5.89. The fourth-order valence-corrected chi connectivity index (χ4v) is 1.19. The van der Waals surface area contributed by atoms with Gasteiger partial charge in [0.15, 0.2) is 0 Å². The van der Waals surface area contributed by atoms with Gasteiger partial charge >= 0.3 is 5.97 Å². The van der Waals surface area contributed by atoms with Crippen molar-refractivity contribution in [3.63, 3.8) is 0 Å². The number of rotatable bonds is 4. The van der Waals surface area contributed by atoms with Crippen molar-refractivity contribution >= 4 is 11.8 Å². The molecule has 1 unspecified atom stereocenters. The molecule has 0 aliphatic carbocycles. The largest absolute Gasteiger partial charge is 0.465 e. The van der Waals surface area contributed by atoms with Crippen LogP contribution in [0.2, 0.25) is 0 Å². The van der Waals surface area contributed by atoms with Crippen LogP contribution in [0.4, 0.5) is 5.82 Å². The summed E-state index contributed by atoms with van der Waals surface area (Å²) in [5.41, 5.74) is 0.451. The number of pyridine rings is 1. The highest BCUT2D eigenvalue weighted by atomic mass is 16.5. The van der Waals surface area contributed by atoms with E-state index in [1.165, 1.54) is 13.3 Å². The van der Waals surface area contributed by atoms with E-state index in [1.807, 2.05) is 6.92 Å². The highest BCUT2D eigenvalue weighted by Crippen LogP contribution is 2.09. The maximum absolute atomic E-state index is 11.3. The van der Waals surface area contributed by atoms with Crippen LogP contribution in [0.15, 0.2) is 18.3 Å². The van der Waals surface area contributed by atoms with Crippen LogP contribution >= 0.6 is 0 Å². The number of nitrogens with zero attached hydrogens (tertiary/aromatic N) is 1. The molecule has 84 valence electrons. The molecule has 0 radical (unpaired) electrons. The Morgan fingerprint density at radius 3 is 3.06 bits per heavy atom. The predicted octanol–water partition coefficient (Wildman–Crippen LogP) is 1.69. The average molecular weight is 218 g/mol. The number of hydrogen-bond donors (Lipinski definition) is 1. The third kappa shape index (κ3) is 2.99. The molecule has 4 heteroatoms. The number of esters is 1. The van der Waals surface area contributed by atoms with Gasteiger partial charge in [0.05, 0.1) is 18.7 Å². The molecule has 1 N–H and O–H groups in total. The van der Waals surface area contributed by atoms with Crippen molar-refractivity contribution in [1.82, 2.24) is 4.98 Å². The summed E-state index contributed by atoms with van der Waals surface area (Å²) in [6.45, 7) is 1.97. The van der Waals surface area contributed by atoms with Crippen molar-refractivity contribution in [2.45, 2.75) is 19.4 Å². The van der Waals surface area contributed by atoms with E-state index in [1.54, 1.807) is 12.1 Å². The molecule has 0 aliphatic heterocycles. The van der Waals surface area contributed by atoms with E-state index in [9.17, 15) is 4.79 Å². The molecule has 0 fully saturated rings. The fourth-order valence-electron chi connectivity index (χ4n) is 1.19. The van der Waals surface area contributed by atoms with Crippen molar-refractivity contribution < 1.29 is 9.53 Å². The van der Waals surface area contributed by atoms with Crippen molar-refractivity contribution in [1.29, 1.82) is 0 Å². The number of terminal acetylenes is 1. The Labute approximate surface area is 95.0 Å². The molecule has 0 amide bonds. The van der Waals surface area contributed by atoms with Gasteiger partial charge in [-0.1, -0.05) is 12.8 Å². The van der Waals surface area contributed by atoms with Gasteiger partial charge < -0.3 is 10.1 Å². The lowest BCUT2D eigenvalue weighted by Crippen LogP contribution is -2.17. The highest BCUT2D eigenvalue weighted by Gasteiger charge is 2.08. The van der Waals surface area contributed by atoms with Crippen LogP contribution in [-0.4, -0.2) is 24.1 Å². The van der Waals surface area contributed by atoms with Gasteiger partial charge in [0.25, 0.3) is 0 Å². The van der Waals surface area contributed by atoms with Gasteiger partial charge in [-0.15, -0.1) is 6.42 Å². The second kappa shape index (κ2) is 5.76. The summed E-state index contributed by atoms with van der Waals surface area (Å²) < 4.78 is 4.61. The molecule has 16 heavy (non-hydrogen) atoms. The minimum Gasteiger partial charge on any atom is -0.465 e. The summed E-state index contributed by atoms with van der Waals surface area (Å²) in [6.07, 6.45) is 7.66. The van der Waals surface area contributed by atoms with Gasteiger partial charge in [0.1, 0.15) is 5.82 Å². The molecule has 0 aromatic carbocycles. The van der Waals surface area contributed by atoms with E-state index in [0.717, 1.165) is 6.42 Å². The molecule has 1 aromatic heterocycles. The minimum absolute atomic E-state index is 0.0830. The van der Waals surface area contributed by atoms with Crippen LogP contribution in [-0.2, 0) is 4.74 Å². The summed E-state index contributed by atoms with van der Waals surface area (Å²) in [4.78, 5) is 15.3. The molecule has 1 aromatic rings. The van der Waals surface area contributed by atoms with Crippen LogP contribution < -0.4 is 5.32 Å². The van der Waals surface area contributed by atoms with Gasteiger partial charge in [-0.05, 0) is 18.6 Å². The summed E-state index contributed by atoms with van der Waals surface area (Å²) in [5.74, 6) is 2.78. The molecule has 0 saturated heterocycles. The SMILES string of the molecule is C#CC(CC)Nc1cc(C(=O)OC)ccn1. The maximum Gasteiger partial charge on any atom is 0.338 e. The first kappa shape index (κ1) is 12.1. The molecule has 0 bridgehead atoms. The molecule has 0 aliphatic rings. The van der Waals surface area contributed by atoms with Crippen LogP contribution in [0, 0.1) is 12.3 Å². The number of aromatic nitrogens is 1. The van der Waals surface area contributed by atoms with Crippen LogP contribution in [0.25, 0.3) is 0 Å². The summed E-state index contributed by atoms with van der Waals surface area (Å²) >= 11 is 0. The molecular formula is C12H14N2O2. The lowest BCUT2D eigenvalue weighted by atomic mass is 10.2. The Morgan fingerprint density at radius 2 is 2.50 bits per heavy atom. The molecule has 1 rings (SSSR count). The monoisotopic (exact) mass is 218 g/mol. The summed E-state index contributed by atoms with van der Waals surface area (Å²) in [5, 5.41) is 3.04. The number of anilines is 1. The number of methoxy groups -OCH3 is 1. The Kier molecular flexibility index (Phi) is 4.34. The lowest BCUT2D eigenvalue weighted by Gasteiger charge is -2.11. The maximum atomic E-state index is 11.3. The Bertz CT molecular complexity index is 410. The van der Waals surface area contributed by atoms with Gasteiger partial charge in [-0.2, -0.15) is 0 Å². The minimum atomic E-state index is -0.390. The first-order valence-electron chi connectivity index (χ1n) is 4.98. The smallest absolute Gasteiger partial charge is 0.338 e. The van der Waals surface area contributed by atoms with E-state index in [4.69, 9.17) is 6.42 Å². The molecule has 4 nitrogen and oxygen atoms in total. The standard InChI is InChI=1S/C12H14N2O2/c1-4-10(5-2)14-11-8-9(6-7-13-11)12(15)16-3/h1,6-8,10H,5H2,2-3H3,(H,13,14). The van der Waals surface area contributed by atoms with Crippen LogP contribution in [0.3, 0.4) is 0 Å². The summed E-state index contributed by atoms with van der Waals surface area (Å²) in [7, 11) is 1.34. The van der Waals surface area contributed by atoms with Gasteiger partial charge in [0.2, 0.25) is 0 Å². The van der Waals surface area contributed by atoms with E-state index in [0.29, 0.717) is 11.4 Å². The normalized spacial score (nSPS) is 11.3. The average Bonchev–Trinajstić information content (AvgIpc) is 2.35. The quantitative estimate of drug-likeness (QED) is 0.617. The Balaban J connectivity index is 2.83. The zero-order valence-corrected chi connectivity index (χ0v) is 9.36. The van der Waals surface area contributed by atoms with Crippen molar-refractivity contribution in [3.05, 3.63) is 23.9 Å². The van der Waals surface area contributed by atoms with Crippen molar-refractivity contribution in [3.8, 4) is 12.3 Å². The predicted molar refractivity (Wildman–Crippen MR) is 62.1 cm³/mol. The second-order valence-electron chi connectivity index (χ2n) is 3.19. The number of nitrogens with one attached hydrogen (secondary N) is 1. The Morgan fingerprint density at radius 1 is 1.75 bits per heavy atom. The zero-order chi connectivity index (χ0) is 12.0. The fraction of sp³-hybridized carbons (Fsp3) is 0.333. The number of ether oxygens (including phenoxy) is 1. The third-order valence-corrected chi connectivity index (χ3v) is 2.11. The molecule has 0 spiro atoms. The van der Waals surface area contributed by atoms with Crippen molar-refractivity contribution in [2.24, 2.45) is 0 Å². The van der Waals surface area contributed by atoms with E-state index in [2.05, 4.69) is 21.0 Å². The van der Waals surface area contributed by atoms with E-state index >= 15 is 0 Å². The van der Waals surface area contributed by atoms with Gasteiger partial charge in [-0.3, -0.25) is 0 Å². The molecule has 1 atom stereocenters. The topological polar surface area (TPSA) is 51.2 Å². The molecular weight excluding hydrogens is 204 g/mol. The molecule has 0 saturated carbocycles. The Hall–Kier alpha value is -2.02.